The molecule has 96 valence electrons. The lowest BCUT2D eigenvalue weighted by Crippen LogP contribution is -2.34. The third kappa shape index (κ3) is 3.71. The number of carbonyl (C=O) groups is 1. The zero-order valence-corrected chi connectivity index (χ0v) is 11.4. The average molecular weight is 257 g/mol. The summed E-state index contributed by atoms with van der Waals surface area (Å²) in [6, 6.07) is 1.83. The topological polar surface area (TPSA) is 58.6 Å². The fourth-order valence-electron chi connectivity index (χ4n) is 1.31. The second-order valence-corrected chi connectivity index (χ2v) is 5.53. The van der Waals surface area contributed by atoms with E-state index < -0.39 is 6.10 Å². The van der Waals surface area contributed by atoms with Gasteiger partial charge in [-0.2, -0.15) is 0 Å². The molecule has 0 aromatic carbocycles. The minimum atomic E-state index is -0.522. The number of carbonyl (C=O) groups excluding carboxylic acids is 1. The molecule has 1 unspecified atom stereocenters. The Kier molecular flexibility index (Phi) is 4.96. The number of methoxy groups -OCH3 is 1. The molecule has 17 heavy (non-hydrogen) atoms. The second-order valence-electron chi connectivity index (χ2n) is 4.28. The highest BCUT2D eigenvalue weighted by atomic mass is 32.1. The van der Waals surface area contributed by atoms with E-state index in [1.807, 2.05) is 26.8 Å². The Morgan fingerprint density at radius 3 is 2.76 bits per heavy atom. The van der Waals surface area contributed by atoms with Crippen LogP contribution in [0.1, 0.15) is 28.4 Å². The van der Waals surface area contributed by atoms with Crippen LogP contribution in [0, 0.1) is 12.8 Å². The normalized spacial score (nSPS) is 12.6. The van der Waals surface area contributed by atoms with Gasteiger partial charge in [-0.15, -0.1) is 11.3 Å². The highest BCUT2D eigenvalue weighted by molar-refractivity contribution is 7.14. The van der Waals surface area contributed by atoms with Crippen LogP contribution in [0.25, 0.3) is 0 Å². The Balaban J connectivity index is 2.63. The van der Waals surface area contributed by atoms with Gasteiger partial charge in [0.25, 0.3) is 5.91 Å². The lowest BCUT2D eigenvalue weighted by atomic mass is 10.1. The molecule has 0 bridgehead atoms. The van der Waals surface area contributed by atoms with Crippen LogP contribution >= 0.6 is 11.3 Å². The zero-order chi connectivity index (χ0) is 13.0. The molecular formula is C12H19NO3S. The largest absolute Gasteiger partial charge is 0.495 e. The van der Waals surface area contributed by atoms with Gasteiger partial charge in [0, 0.05) is 11.4 Å². The highest BCUT2D eigenvalue weighted by Crippen LogP contribution is 2.28. The summed E-state index contributed by atoms with van der Waals surface area (Å²) in [5.41, 5.74) is 0. The van der Waals surface area contributed by atoms with Crippen molar-refractivity contribution in [2.75, 3.05) is 13.7 Å². The van der Waals surface area contributed by atoms with Crippen molar-refractivity contribution >= 4 is 17.2 Å². The van der Waals surface area contributed by atoms with Gasteiger partial charge in [0.05, 0.1) is 13.2 Å². The Hall–Kier alpha value is -1.07. The standard InChI is InChI=1S/C12H19NO3S/c1-7(2)9(14)6-13-12(15)11-10(16-4)5-8(3)17-11/h5,7,9,14H,6H2,1-4H3,(H,13,15). The molecule has 5 heteroatoms. The molecule has 0 aliphatic heterocycles. The SMILES string of the molecule is COc1cc(C)sc1C(=O)NCC(O)C(C)C. The van der Waals surface area contributed by atoms with Crippen molar-refractivity contribution in [2.45, 2.75) is 26.9 Å². The van der Waals surface area contributed by atoms with Crippen LogP contribution in [0.2, 0.25) is 0 Å². The van der Waals surface area contributed by atoms with Crippen LogP contribution in [0.15, 0.2) is 6.07 Å². The maximum atomic E-state index is 11.9. The van der Waals surface area contributed by atoms with Crippen LogP contribution in [0.3, 0.4) is 0 Å². The third-order valence-corrected chi connectivity index (χ3v) is 3.52. The van der Waals surface area contributed by atoms with Crippen molar-refractivity contribution in [3.05, 3.63) is 15.8 Å². The molecule has 1 aromatic rings. The summed E-state index contributed by atoms with van der Waals surface area (Å²) in [6.07, 6.45) is -0.522. The summed E-state index contributed by atoms with van der Waals surface area (Å²) < 4.78 is 5.13. The number of hydrogen-bond acceptors (Lipinski definition) is 4. The minimum Gasteiger partial charge on any atom is -0.495 e. The second kappa shape index (κ2) is 6.02. The van der Waals surface area contributed by atoms with E-state index in [0.717, 1.165) is 4.88 Å². The highest BCUT2D eigenvalue weighted by Gasteiger charge is 2.17. The summed E-state index contributed by atoms with van der Waals surface area (Å²) in [4.78, 5) is 13.5. The molecule has 0 saturated heterocycles. The van der Waals surface area contributed by atoms with Gasteiger partial charge in [0.15, 0.2) is 0 Å². The van der Waals surface area contributed by atoms with Gasteiger partial charge in [-0.05, 0) is 18.9 Å². The van der Waals surface area contributed by atoms with E-state index >= 15 is 0 Å². The number of ether oxygens (including phenoxy) is 1. The number of aryl methyl sites for hydroxylation is 1. The molecule has 0 aliphatic carbocycles. The van der Waals surface area contributed by atoms with E-state index in [1.54, 1.807) is 7.11 Å². The molecule has 1 rings (SSSR count). The third-order valence-electron chi connectivity index (χ3n) is 2.49. The summed E-state index contributed by atoms with van der Waals surface area (Å²) in [6.45, 7) is 6.00. The zero-order valence-electron chi connectivity index (χ0n) is 10.6. The van der Waals surface area contributed by atoms with Crippen molar-refractivity contribution in [1.82, 2.24) is 5.32 Å². The molecule has 0 spiro atoms. The van der Waals surface area contributed by atoms with Gasteiger partial charge in [0.2, 0.25) is 0 Å². The van der Waals surface area contributed by atoms with Gasteiger partial charge in [-0.3, -0.25) is 4.79 Å². The minimum absolute atomic E-state index is 0.127. The predicted octanol–water partition coefficient (Wildman–Crippen LogP) is 1.81. The van der Waals surface area contributed by atoms with Gasteiger partial charge in [0.1, 0.15) is 10.6 Å². The lowest BCUT2D eigenvalue weighted by Gasteiger charge is -2.14. The van der Waals surface area contributed by atoms with E-state index in [4.69, 9.17) is 4.74 Å². The van der Waals surface area contributed by atoms with Crippen molar-refractivity contribution in [3.8, 4) is 5.75 Å². The van der Waals surface area contributed by atoms with E-state index in [0.29, 0.717) is 10.6 Å². The fraction of sp³-hybridized carbons (Fsp3) is 0.583. The van der Waals surface area contributed by atoms with Gasteiger partial charge < -0.3 is 15.2 Å². The van der Waals surface area contributed by atoms with Crippen molar-refractivity contribution in [2.24, 2.45) is 5.92 Å². The summed E-state index contributed by atoms with van der Waals surface area (Å²) in [7, 11) is 1.54. The average Bonchev–Trinajstić information content (AvgIpc) is 2.66. The fourth-order valence-corrected chi connectivity index (χ4v) is 2.21. The Morgan fingerprint density at radius 2 is 2.24 bits per heavy atom. The Bertz CT molecular complexity index is 387. The molecular weight excluding hydrogens is 238 g/mol. The van der Waals surface area contributed by atoms with Gasteiger partial charge in [-0.1, -0.05) is 13.8 Å². The molecule has 1 heterocycles. The van der Waals surface area contributed by atoms with Crippen LogP contribution in [0.4, 0.5) is 0 Å². The lowest BCUT2D eigenvalue weighted by molar-refractivity contribution is 0.0873. The molecule has 0 radical (unpaired) electrons. The summed E-state index contributed by atoms with van der Waals surface area (Å²) in [5.74, 6) is 0.519. The first kappa shape index (κ1) is 14.0. The maximum Gasteiger partial charge on any atom is 0.265 e. The number of aliphatic hydroxyl groups is 1. The number of nitrogens with one attached hydrogen (secondary N) is 1. The van der Waals surface area contributed by atoms with E-state index in [-0.39, 0.29) is 18.4 Å². The first-order valence-electron chi connectivity index (χ1n) is 5.56. The molecule has 0 aliphatic rings. The Morgan fingerprint density at radius 1 is 1.59 bits per heavy atom. The number of hydrogen-bond donors (Lipinski definition) is 2. The molecule has 2 N–H and O–H groups in total. The number of aliphatic hydroxyl groups excluding tert-OH is 1. The van der Waals surface area contributed by atoms with Crippen LogP contribution in [-0.4, -0.2) is 30.8 Å². The molecule has 1 amide bonds. The number of thiophene rings is 1. The van der Waals surface area contributed by atoms with Crippen molar-refractivity contribution < 1.29 is 14.6 Å². The van der Waals surface area contributed by atoms with Crippen LogP contribution in [0.5, 0.6) is 5.75 Å². The molecule has 0 saturated carbocycles. The molecule has 0 fully saturated rings. The Labute approximate surface area is 106 Å². The van der Waals surface area contributed by atoms with E-state index in [1.165, 1.54) is 11.3 Å². The smallest absolute Gasteiger partial charge is 0.265 e. The van der Waals surface area contributed by atoms with Crippen molar-refractivity contribution in [1.29, 1.82) is 0 Å². The van der Waals surface area contributed by atoms with Crippen molar-refractivity contribution in [3.63, 3.8) is 0 Å². The molecule has 1 aromatic heterocycles. The first-order chi connectivity index (χ1) is 7.95. The predicted molar refractivity (Wildman–Crippen MR) is 68.8 cm³/mol. The maximum absolute atomic E-state index is 11.9. The molecule has 1 atom stereocenters. The summed E-state index contributed by atoms with van der Waals surface area (Å²) >= 11 is 1.39. The number of amides is 1. The monoisotopic (exact) mass is 257 g/mol. The van der Waals surface area contributed by atoms with E-state index in [2.05, 4.69) is 5.32 Å². The first-order valence-corrected chi connectivity index (χ1v) is 6.38. The van der Waals surface area contributed by atoms with Crippen LogP contribution in [-0.2, 0) is 0 Å². The molecule has 4 nitrogen and oxygen atoms in total. The van der Waals surface area contributed by atoms with E-state index in [9.17, 15) is 9.90 Å². The number of rotatable bonds is 5. The quantitative estimate of drug-likeness (QED) is 0.846. The van der Waals surface area contributed by atoms with Crippen LogP contribution < -0.4 is 10.1 Å². The van der Waals surface area contributed by atoms with Gasteiger partial charge in [-0.25, -0.2) is 0 Å². The summed E-state index contributed by atoms with van der Waals surface area (Å²) in [5, 5.41) is 12.3. The van der Waals surface area contributed by atoms with Gasteiger partial charge >= 0.3 is 0 Å².